The zero-order chi connectivity index (χ0) is 24.7. The summed E-state index contributed by atoms with van der Waals surface area (Å²) in [4.78, 5) is 2.35. The van der Waals surface area contributed by atoms with Crippen LogP contribution in [0.2, 0.25) is 0 Å². The van der Waals surface area contributed by atoms with Gasteiger partial charge in [-0.05, 0) is 101 Å². The highest BCUT2D eigenvalue weighted by Gasteiger charge is 2.31. The first-order valence-corrected chi connectivity index (χ1v) is 13.5. The molecule has 0 unspecified atom stereocenters. The Bertz CT molecular complexity index is 888. The minimum atomic E-state index is 0.0457. The molecular weight excluding hydrogens is 440 g/mol. The van der Waals surface area contributed by atoms with E-state index in [-0.39, 0.29) is 11.8 Å². The highest BCUT2D eigenvalue weighted by molar-refractivity contribution is 7.80. The number of unbranched alkanes of at least 4 members (excludes halogenated alkanes) is 2. The fourth-order valence-electron chi connectivity index (χ4n) is 5.44. The summed E-state index contributed by atoms with van der Waals surface area (Å²) in [6, 6.07) is 4.02. The lowest BCUT2D eigenvalue weighted by Gasteiger charge is -2.36. The van der Waals surface area contributed by atoms with Crippen LogP contribution < -0.4 is 10.1 Å². The molecule has 4 nitrogen and oxygen atoms in total. The molecule has 5 heteroatoms. The third-order valence-corrected chi connectivity index (χ3v) is 7.59. The standard InChI is InChI=1S/C29H44N2O2S/c1-6-7-8-10-22-16-26(32)28(25-15-21(4)12-13-24(25)20(2)3)27(17-22)33-29(34)30-14-9-11-23-18-31(5)19-23/h15-17,23-25,32H,2,6-14,18-19H2,1,3-5H3,(H,30,34)/t24-,25+/m0/s1. The normalized spacial score (nSPS) is 21.0. The number of benzene rings is 1. The molecule has 0 radical (unpaired) electrons. The quantitative estimate of drug-likeness (QED) is 0.207. The molecule has 2 N–H and O–H groups in total. The van der Waals surface area contributed by atoms with Crippen molar-refractivity contribution in [2.45, 2.75) is 78.1 Å². The maximum atomic E-state index is 11.2. The molecule has 0 amide bonds. The van der Waals surface area contributed by atoms with Gasteiger partial charge in [0.2, 0.25) is 0 Å². The van der Waals surface area contributed by atoms with Gasteiger partial charge < -0.3 is 20.1 Å². The molecule has 3 rings (SSSR count). The first kappa shape index (κ1) is 26.7. The number of rotatable bonds is 11. The molecule has 2 atom stereocenters. The molecule has 0 aromatic heterocycles. The lowest BCUT2D eigenvalue weighted by Crippen LogP contribution is -2.43. The Balaban J connectivity index is 1.76. The van der Waals surface area contributed by atoms with Crippen molar-refractivity contribution >= 4 is 17.4 Å². The molecule has 1 aromatic carbocycles. The first-order chi connectivity index (χ1) is 16.3. The monoisotopic (exact) mass is 484 g/mol. The molecule has 1 saturated heterocycles. The van der Waals surface area contributed by atoms with Crippen LogP contribution in [0, 0.1) is 11.8 Å². The van der Waals surface area contributed by atoms with E-state index in [1.54, 1.807) is 0 Å². The van der Waals surface area contributed by atoms with Crippen molar-refractivity contribution < 1.29 is 9.84 Å². The molecule has 2 aliphatic rings. The number of phenolic OH excluding ortho intramolecular Hbond substituents is 1. The van der Waals surface area contributed by atoms with Gasteiger partial charge in [-0.3, -0.25) is 0 Å². The van der Waals surface area contributed by atoms with Crippen LogP contribution in [0.4, 0.5) is 0 Å². The van der Waals surface area contributed by atoms with E-state index in [9.17, 15) is 5.11 Å². The zero-order valence-corrected chi connectivity index (χ0v) is 22.5. The summed E-state index contributed by atoms with van der Waals surface area (Å²) in [7, 11) is 2.17. The topological polar surface area (TPSA) is 44.7 Å². The maximum absolute atomic E-state index is 11.2. The highest BCUT2D eigenvalue weighted by Crippen LogP contribution is 2.47. The van der Waals surface area contributed by atoms with E-state index in [0.29, 0.717) is 16.7 Å². The van der Waals surface area contributed by atoms with Gasteiger partial charge in [0.25, 0.3) is 5.17 Å². The number of aromatic hydroxyl groups is 1. The second-order valence-corrected chi connectivity index (χ2v) is 10.9. The van der Waals surface area contributed by atoms with Gasteiger partial charge in [0, 0.05) is 31.1 Å². The summed E-state index contributed by atoms with van der Waals surface area (Å²) >= 11 is 5.58. The van der Waals surface area contributed by atoms with Gasteiger partial charge in [0.1, 0.15) is 11.5 Å². The third-order valence-electron chi connectivity index (χ3n) is 7.36. The van der Waals surface area contributed by atoms with Gasteiger partial charge in [-0.15, -0.1) is 0 Å². The van der Waals surface area contributed by atoms with Crippen LogP contribution in [-0.4, -0.2) is 41.9 Å². The Labute approximate surface area is 212 Å². The van der Waals surface area contributed by atoms with Crippen LogP contribution in [0.5, 0.6) is 11.5 Å². The van der Waals surface area contributed by atoms with Gasteiger partial charge in [0.05, 0.1) is 0 Å². The van der Waals surface area contributed by atoms with Crippen LogP contribution in [0.1, 0.15) is 82.8 Å². The van der Waals surface area contributed by atoms with E-state index >= 15 is 0 Å². The molecule has 1 aromatic rings. The number of thiocarbonyl (C=S) groups is 1. The zero-order valence-electron chi connectivity index (χ0n) is 21.7. The second kappa shape index (κ2) is 12.7. The molecule has 34 heavy (non-hydrogen) atoms. The van der Waals surface area contributed by atoms with E-state index in [2.05, 4.69) is 56.8 Å². The van der Waals surface area contributed by atoms with Gasteiger partial charge in [-0.1, -0.05) is 43.6 Å². The van der Waals surface area contributed by atoms with Crippen molar-refractivity contribution in [1.29, 1.82) is 0 Å². The average molecular weight is 485 g/mol. The van der Waals surface area contributed by atoms with Gasteiger partial charge >= 0.3 is 0 Å². The number of nitrogens with zero attached hydrogens (tertiary/aromatic N) is 1. The summed E-state index contributed by atoms with van der Waals surface area (Å²) in [5.41, 5.74) is 4.44. The molecule has 1 aliphatic heterocycles. The number of ether oxygens (including phenoxy) is 1. The smallest absolute Gasteiger partial charge is 0.262 e. The number of aryl methyl sites for hydroxylation is 1. The molecule has 1 heterocycles. The molecular formula is C29H44N2O2S. The Morgan fingerprint density at radius 2 is 2.03 bits per heavy atom. The van der Waals surface area contributed by atoms with E-state index in [1.165, 1.54) is 37.9 Å². The predicted octanol–water partition coefficient (Wildman–Crippen LogP) is 6.74. The number of nitrogens with one attached hydrogen (secondary N) is 1. The van der Waals surface area contributed by atoms with Crippen LogP contribution in [-0.2, 0) is 6.42 Å². The van der Waals surface area contributed by atoms with Crippen molar-refractivity contribution in [2.75, 3.05) is 26.7 Å². The molecule has 0 bridgehead atoms. The molecule has 0 saturated carbocycles. The fourth-order valence-corrected chi connectivity index (χ4v) is 5.64. The summed E-state index contributed by atoms with van der Waals surface area (Å²) < 4.78 is 6.25. The van der Waals surface area contributed by atoms with Crippen molar-refractivity contribution in [3.8, 4) is 11.5 Å². The predicted molar refractivity (Wildman–Crippen MR) is 147 cm³/mol. The number of hydrogen-bond acceptors (Lipinski definition) is 4. The summed E-state index contributed by atoms with van der Waals surface area (Å²) in [6.07, 6.45) is 11.1. The number of likely N-dealkylation sites (tertiary alicyclic amines) is 1. The molecule has 1 aliphatic carbocycles. The lowest BCUT2D eigenvalue weighted by molar-refractivity contribution is 0.125. The van der Waals surface area contributed by atoms with Crippen LogP contribution in [0.3, 0.4) is 0 Å². The fraction of sp³-hybridized carbons (Fsp3) is 0.621. The maximum Gasteiger partial charge on any atom is 0.262 e. The molecule has 0 spiro atoms. The van der Waals surface area contributed by atoms with Crippen molar-refractivity contribution in [1.82, 2.24) is 10.2 Å². The second-order valence-electron chi connectivity index (χ2n) is 10.6. The van der Waals surface area contributed by atoms with E-state index in [4.69, 9.17) is 17.0 Å². The first-order valence-electron chi connectivity index (χ1n) is 13.1. The van der Waals surface area contributed by atoms with Gasteiger partial charge in [0.15, 0.2) is 0 Å². The Morgan fingerprint density at radius 1 is 1.26 bits per heavy atom. The van der Waals surface area contributed by atoms with Gasteiger partial charge in [-0.25, -0.2) is 0 Å². The Kier molecular flexibility index (Phi) is 10.0. The SMILES string of the molecule is C=C(C)[C@@H]1CCC(C)=C[C@H]1c1c(O)cc(CCCCC)cc1OC(=S)NCCCC1CN(C)C1. The van der Waals surface area contributed by atoms with Crippen LogP contribution in [0.25, 0.3) is 0 Å². The minimum absolute atomic E-state index is 0.0457. The van der Waals surface area contributed by atoms with E-state index in [0.717, 1.165) is 61.3 Å². The lowest BCUT2D eigenvalue weighted by atomic mass is 9.73. The van der Waals surface area contributed by atoms with E-state index < -0.39 is 0 Å². The highest BCUT2D eigenvalue weighted by atomic mass is 32.1. The van der Waals surface area contributed by atoms with Crippen molar-refractivity contribution in [3.63, 3.8) is 0 Å². The number of allylic oxidation sites excluding steroid dienone is 3. The van der Waals surface area contributed by atoms with Crippen LogP contribution >= 0.6 is 12.2 Å². The minimum Gasteiger partial charge on any atom is -0.507 e. The third kappa shape index (κ3) is 7.32. The Hall–Kier alpha value is -1.85. The largest absolute Gasteiger partial charge is 0.507 e. The van der Waals surface area contributed by atoms with Gasteiger partial charge in [-0.2, -0.15) is 0 Å². The van der Waals surface area contributed by atoms with Crippen LogP contribution in [0.15, 0.2) is 35.9 Å². The number of hydrogen-bond donors (Lipinski definition) is 2. The number of phenols is 1. The van der Waals surface area contributed by atoms with E-state index in [1.807, 2.05) is 6.07 Å². The summed E-state index contributed by atoms with van der Waals surface area (Å²) in [6.45, 7) is 13.9. The Morgan fingerprint density at radius 3 is 2.71 bits per heavy atom. The average Bonchev–Trinajstić information content (AvgIpc) is 2.75. The molecule has 1 fully saturated rings. The summed E-state index contributed by atoms with van der Waals surface area (Å²) in [5, 5.41) is 14.9. The molecule has 188 valence electrons. The van der Waals surface area contributed by atoms with Crippen molar-refractivity contribution in [2.24, 2.45) is 11.8 Å². The summed E-state index contributed by atoms with van der Waals surface area (Å²) in [5.74, 6) is 2.13. The van der Waals surface area contributed by atoms with Crippen molar-refractivity contribution in [3.05, 3.63) is 47.1 Å².